The van der Waals surface area contributed by atoms with E-state index in [1.807, 2.05) is 19.6 Å². The van der Waals surface area contributed by atoms with Gasteiger partial charge in [0.2, 0.25) is 0 Å². The Balaban J connectivity index is 2.46. The molecule has 0 saturated heterocycles. The van der Waals surface area contributed by atoms with Crippen LogP contribution in [0.25, 0.3) is 11.2 Å². The smallest absolute Gasteiger partial charge is 0.420 e. The van der Waals surface area contributed by atoms with Crippen molar-refractivity contribution in [2.45, 2.75) is 83.4 Å². The van der Waals surface area contributed by atoms with Crippen molar-refractivity contribution in [3.8, 4) is 6.01 Å². The van der Waals surface area contributed by atoms with Gasteiger partial charge in [-0.3, -0.25) is 0 Å². The number of H-pyrrole nitrogens is 1. The van der Waals surface area contributed by atoms with E-state index < -0.39 is 35.5 Å². The van der Waals surface area contributed by atoms with Crippen molar-refractivity contribution in [2.75, 3.05) is 6.61 Å². The molecule has 0 aromatic carbocycles. The predicted octanol–water partition coefficient (Wildman–Crippen LogP) is 5.18. The zero-order valence-corrected chi connectivity index (χ0v) is 23.6. The molecule has 2 rings (SSSR count). The molecule has 0 saturated carbocycles. The van der Waals surface area contributed by atoms with Gasteiger partial charge in [-0.25, -0.2) is 19.6 Å². The number of rotatable bonds is 5. The van der Waals surface area contributed by atoms with Gasteiger partial charge in [0.15, 0.2) is 5.65 Å². The minimum Gasteiger partial charge on any atom is -0.462 e. The van der Waals surface area contributed by atoms with Crippen LogP contribution < -0.4 is 4.74 Å². The molecular formula is C21H34BrN5O5Si. The fraction of sp³-hybridized carbons (Fsp3) is 0.667. The van der Waals surface area contributed by atoms with E-state index in [2.05, 4.69) is 35.9 Å². The third-order valence-electron chi connectivity index (χ3n) is 4.39. The Labute approximate surface area is 203 Å². The van der Waals surface area contributed by atoms with Crippen LogP contribution in [0.5, 0.6) is 6.01 Å². The van der Waals surface area contributed by atoms with E-state index in [9.17, 15) is 9.59 Å². The summed E-state index contributed by atoms with van der Waals surface area (Å²) < 4.78 is 15.9. The number of nitrogens with one attached hydrogen (secondary N) is 1. The molecular weight excluding hydrogens is 510 g/mol. The molecule has 0 fully saturated rings. The fourth-order valence-electron chi connectivity index (χ4n) is 2.70. The summed E-state index contributed by atoms with van der Waals surface area (Å²) in [6.45, 7) is 18.1. The average molecular weight is 545 g/mol. The van der Waals surface area contributed by atoms with Gasteiger partial charge in [-0.2, -0.15) is 9.88 Å². The maximum Gasteiger partial charge on any atom is 0.420 e. The Morgan fingerprint density at radius 3 is 2.00 bits per heavy atom. The first-order chi connectivity index (χ1) is 14.8. The molecule has 12 heteroatoms. The summed E-state index contributed by atoms with van der Waals surface area (Å²) in [5.41, 5.74) is -0.566. The lowest BCUT2D eigenvalue weighted by molar-refractivity contribution is -0.00814. The summed E-state index contributed by atoms with van der Waals surface area (Å²) in [7, 11) is -2.41. The van der Waals surface area contributed by atoms with Crippen LogP contribution in [0.2, 0.25) is 19.6 Å². The SMILES string of the molecule is Cc1ncc2[nH]c(OCC(Br)(N(C(=O)OC(C)(C)C)C(=O)OC(C)(C)C)[Si](C)(C)C)nc2n1. The molecule has 0 radical (unpaired) electrons. The number of nitrogens with zero attached hydrogens (tertiary/aromatic N) is 4. The molecule has 0 aliphatic carbocycles. The molecule has 1 N–H and O–H groups in total. The number of halogens is 1. The van der Waals surface area contributed by atoms with Crippen LogP contribution in [-0.4, -0.2) is 67.0 Å². The number of imidazole rings is 1. The minimum absolute atomic E-state index is 0.0898. The average Bonchev–Trinajstić information content (AvgIpc) is 2.97. The molecule has 2 aromatic rings. The quantitative estimate of drug-likeness (QED) is 0.311. The number of aromatic nitrogens is 4. The summed E-state index contributed by atoms with van der Waals surface area (Å²) in [5.74, 6) is 0.582. The van der Waals surface area contributed by atoms with Crippen LogP contribution in [-0.2, 0) is 9.47 Å². The Kier molecular flexibility index (Phi) is 7.54. The van der Waals surface area contributed by atoms with Crippen molar-refractivity contribution in [1.82, 2.24) is 24.8 Å². The highest BCUT2D eigenvalue weighted by Gasteiger charge is 2.54. The lowest BCUT2D eigenvalue weighted by Crippen LogP contribution is -2.67. The molecule has 0 spiro atoms. The first kappa shape index (κ1) is 27.0. The van der Waals surface area contributed by atoms with Gasteiger partial charge >= 0.3 is 12.2 Å². The molecule has 184 valence electrons. The van der Waals surface area contributed by atoms with Crippen LogP contribution in [0.1, 0.15) is 47.4 Å². The molecule has 33 heavy (non-hydrogen) atoms. The van der Waals surface area contributed by atoms with Gasteiger partial charge in [0, 0.05) is 0 Å². The van der Waals surface area contributed by atoms with Crippen molar-refractivity contribution in [2.24, 2.45) is 0 Å². The van der Waals surface area contributed by atoms with Crippen LogP contribution in [0.4, 0.5) is 9.59 Å². The highest BCUT2D eigenvalue weighted by Crippen LogP contribution is 2.37. The first-order valence-electron chi connectivity index (χ1n) is 10.6. The number of hydrogen-bond acceptors (Lipinski definition) is 8. The van der Waals surface area contributed by atoms with Crippen molar-refractivity contribution >= 4 is 47.4 Å². The van der Waals surface area contributed by atoms with Crippen molar-refractivity contribution in [3.05, 3.63) is 12.0 Å². The molecule has 0 bridgehead atoms. The van der Waals surface area contributed by atoms with Gasteiger partial charge in [0.1, 0.15) is 33.2 Å². The molecule has 1 unspecified atom stereocenters. The normalized spacial score (nSPS) is 14.5. The lowest BCUT2D eigenvalue weighted by Gasteiger charge is -2.45. The predicted molar refractivity (Wildman–Crippen MR) is 131 cm³/mol. The van der Waals surface area contributed by atoms with Gasteiger partial charge in [0.05, 0.1) is 14.3 Å². The van der Waals surface area contributed by atoms with Gasteiger partial charge in [-0.05, 0) is 48.5 Å². The lowest BCUT2D eigenvalue weighted by atomic mass is 10.2. The number of hydrogen-bond donors (Lipinski definition) is 1. The first-order valence-corrected chi connectivity index (χ1v) is 14.9. The topological polar surface area (TPSA) is 120 Å². The number of carbonyl (C=O) groups is 2. The Hall–Kier alpha value is -2.21. The van der Waals surface area contributed by atoms with Crippen LogP contribution in [0.3, 0.4) is 0 Å². The Morgan fingerprint density at radius 2 is 1.55 bits per heavy atom. The van der Waals surface area contributed by atoms with Crippen LogP contribution in [0, 0.1) is 6.92 Å². The van der Waals surface area contributed by atoms with Crippen molar-refractivity contribution < 1.29 is 23.8 Å². The second-order valence-corrected chi connectivity index (χ2v) is 18.2. The molecule has 2 amide bonds. The number of imide groups is 1. The summed E-state index contributed by atoms with van der Waals surface area (Å²) >= 11 is 3.69. The highest BCUT2D eigenvalue weighted by molar-refractivity contribution is 9.10. The van der Waals surface area contributed by atoms with E-state index in [4.69, 9.17) is 14.2 Å². The van der Waals surface area contributed by atoms with Gasteiger partial charge in [-0.15, -0.1) is 0 Å². The zero-order chi connectivity index (χ0) is 25.4. The molecule has 0 aliphatic heterocycles. The third kappa shape index (κ3) is 6.89. The van der Waals surface area contributed by atoms with Gasteiger partial charge in [0.25, 0.3) is 6.01 Å². The van der Waals surface area contributed by atoms with Crippen molar-refractivity contribution in [1.29, 1.82) is 0 Å². The number of aromatic amines is 1. The number of amides is 2. The number of aryl methyl sites for hydroxylation is 1. The van der Waals surface area contributed by atoms with Crippen molar-refractivity contribution in [3.63, 3.8) is 0 Å². The fourth-order valence-corrected chi connectivity index (χ4v) is 4.46. The van der Waals surface area contributed by atoms with Gasteiger partial charge in [-0.1, -0.05) is 35.6 Å². The van der Waals surface area contributed by atoms with Gasteiger partial charge < -0.3 is 19.2 Å². The van der Waals surface area contributed by atoms with Crippen LogP contribution >= 0.6 is 15.9 Å². The molecule has 2 heterocycles. The molecule has 2 aromatic heterocycles. The monoisotopic (exact) mass is 543 g/mol. The largest absolute Gasteiger partial charge is 0.462 e. The number of alkyl halides is 1. The van der Waals surface area contributed by atoms with E-state index in [1.165, 1.54) is 0 Å². The van der Waals surface area contributed by atoms with Crippen LogP contribution in [0.15, 0.2) is 6.20 Å². The highest BCUT2D eigenvalue weighted by atomic mass is 79.9. The summed E-state index contributed by atoms with van der Waals surface area (Å²) in [6.07, 6.45) is -0.0398. The minimum atomic E-state index is -2.41. The maximum absolute atomic E-state index is 13.3. The maximum atomic E-state index is 13.3. The second kappa shape index (κ2) is 9.20. The van der Waals surface area contributed by atoms with E-state index in [0.717, 1.165) is 4.90 Å². The number of carbonyl (C=O) groups excluding carboxylic acids is 2. The van der Waals surface area contributed by atoms with E-state index in [0.29, 0.717) is 17.0 Å². The Morgan fingerprint density at radius 1 is 1.03 bits per heavy atom. The summed E-state index contributed by atoms with van der Waals surface area (Å²) in [4.78, 5) is 43.3. The molecule has 10 nitrogen and oxygen atoms in total. The Bertz CT molecular complexity index is 997. The second-order valence-electron chi connectivity index (χ2n) is 10.8. The standard InChI is InChI=1S/C21H34BrN5O5Si/c1-13-23-11-14-15(24-13)26-16(25-14)30-12-21(22,33(8,9)10)27(17(28)31-19(2,3)4)18(29)32-20(5,6)7/h11H,12H2,1-10H3,(H,23,24,25,26). The van der Waals surface area contributed by atoms with E-state index >= 15 is 0 Å². The summed E-state index contributed by atoms with van der Waals surface area (Å²) in [6, 6.07) is 0.195. The van der Waals surface area contributed by atoms with E-state index in [-0.39, 0.29) is 12.6 Å². The summed E-state index contributed by atoms with van der Waals surface area (Å²) in [5, 5.41) is 0. The third-order valence-corrected chi connectivity index (χ3v) is 11.2. The number of ether oxygens (including phenoxy) is 3. The molecule has 0 aliphatic rings. The number of fused-ring (bicyclic) bond motifs is 1. The molecule has 1 atom stereocenters. The van der Waals surface area contributed by atoms with E-state index in [1.54, 1.807) is 54.7 Å². The zero-order valence-electron chi connectivity index (χ0n) is 21.0.